The summed E-state index contributed by atoms with van der Waals surface area (Å²) in [5, 5.41) is 11.9. The van der Waals surface area contributed by atoms with Crippen molar-refractivity contribution in [2.24, 2.45) is 0 Å². The van der Waals surface area contributed by atoms with E-state index in [4.69, 9.17) is 5.11 Å². The number of pyridine rings is 1. The Labute approximate surface area is 100 Å². The molecule has 2 rings (SSSR count). The van der Waals surface area contributed by atoms with Crippen LogP contribution >= 0.6 is 0 Å². The highest BCUT2D eigenvalue weighted by molar-refractivity contribution is 5.88. The number of rotatable bonds is 2. The lowest BCUT2D eigenvalue weighted by molar-refractivity contribution is 0.166. The number of aromatic nitrogens is 1. The highest BCUT2D eigenvalue weighted by Crippen LogP contribution is 2.17. The molecule has 1 atom stereocenters. The number of aryl methyl sites for hydroxylation is 1. The number of likely N-dealkylation sites (tertiary alicyclic amines) is 1. The van der Waals surface area contributed by atoms with Crippen molar-refractivity contribution in [3.63, 3.8) is 0 Å². The Kier molecular flexibility index (Phi) is 3.58. The first-order chi connectivity index (χ1) is 8.20. The fraction of sp³-hybridized carbons (Fsp3) is 0.500. The Hall–Kier alpha value is -1.62. The lowest BCUT2D eigenvalue weighted by Crippen LogP contribution is -2.40. The van der Waals surface area contributed by atoms with Gasteiger partial charge >= 0.3 is 6.03 Å². The molecule has 1 aliphatic rings. The molecule has 0 unspecified atom stereocenters. The molecule has 0 saturated carbocycles. The van der Waals surface area contributed by atoms with Crippen molar-refractivity contribution in [1.82, 2.24) is 9.88 Å². The second kappa shape index (κ2) is 5.14. The van der Waals surface area contributed by atoms with Crippen LogP contribution in [0.25, 0.3) is 0 Å². The lowest BCUT2D eigenvalue weighted by Gasteiger charge is -2.22. The van der Waals surface area contributed by atoms with E-state index in [2.05, 4.69) is 10.3 Å². The van der Waals surface area contributed by atoms with Crippen LogP contribution < -0.4 is 5.32 Å². The van der Waals surface area contributed by atoms with Crippen LogP contribution in [0.1, 0.15) is 18.4 Å². The summed E-state index contributed by atoms with van der Waals surface area (Å²) in [6, 6.07) is 3.44. The molecule has 0 bridgehead atoms. The monoisotopic (exact) mass is 235 g/mol. The van der Waals surface area contributed by atoms with Gasteiger partial charge in [0.05, 0.1) is 12.6 Å². The second-order valence-electron chi connectivity index (χ2n) is 4.32. The molecule has 0 aromatic carbocycles. The molecule has 5 heteroatoms. The average molecular weight is 235 g/mol. The molecule has 0 radical (unpaired) electrons. The van der Waals surface area contributed by atoms with E-state index in [0.29, 0.717) is 12.4 Å². The number of amides is 2. The van der Waals surface area contributed by atoms with Crippen molar-refractivity contribution in [2.75, 3.05) is 18.5 Å². The topological polar surface area (TPSA) is 65.5 Å². The van der Waals surface area contributed by atoms with Gasteiger partial charge in [0.25, 0.3) is 0 Å². The number of anilines is 1. The third-order valence-electron chi connectivity index (χ3n) is 3.00. The quantitative estimate of drug-likeness (QED) is 0.813. The van der Waals surface area contributed by atoms with E-state index in [1.54, 1.807) is 17.2 Å². The van der Waals surface area contributed by atoms with E-state index in [-0.39, 0.29) is 18.7 Å². The molecular weight excluding hydrogens is 218 g/mol. The summed E-state index contributed by atoms with van der Waals surface area (Å²) < 4.78 is 0. The molecule has 2 heterocycles. The van der Waals surface area contributed by atoms with Crippen molar-refractivity contribution >= 4 is 11.8 Å². The third kappa shape index (κ3) is 2.74. The molecule has 17 heavy (non-hydrogen) atoms. The van der Waals surface area contributed by atoms with Crippen molar-refractivity contribution < 1.29 is 9.90 Å². The molecule has 1 aromatic rings. The van der Waals surface area contributed by atoms with Gasteiger partial charge in [-0.2, -0.15) is 0 Å². The average Bonchev–Trinajstić information content (AvgIpc) is 2.80. The molecule has 2 amide bonds. The summed E-state index contributed by atoms with van der Waals surface area (Å²) >= 11 is 0. The molecule has 1 saturated heterocycles. The number of carbonyl (C=O) groups is 1. The first-order valence-corrected chi connectivity index (χ1v) is 5.82. The van der Waals surface area contributed by atoms with Gasteiger partial charge in [-0.15, -0.1) is 0 Å². The largest absolute Gasteiger partial charge is 0.394 e. The highest BCUT2D eigenvalue weighted by Gasteiger charge is 2.28. The van der Waals surface area contributed by atoms with Crippen LogP contribution in [-0.2, 0) is 0 Å². The molecule has 92 valence electrons. The van der Waals surface area contributed by atoms with Crippen LogP contribution in [0.15, 0.2) is 18.3 Å². The molecule has 2 N–H and O–H groups in total. The number of aliphatic hydroxyl groups excluding tert-OH is 1. The van der Waals surface area contributed by atoms with Gasteiger partial charge in [-0.25, -0.2) is 9.78 Å². The van der Waals surface area contributed by atoms with Crippen LogP contribution in [0.2, 0.25) is 0 Å². The molecule has 0 spiro atoms. The number of carbonyl (C=O) groups excluding carboxylic acids is 1. The minimum absolute atomic E-state index is 0.0226. The van der Waals surface area contributed by atoms with Gasteiger partial charge in [-0.1, -0.05) is 6.07 Å². The van der Waals surface area contributed by atoms with Crippen molar-refractivity contribution in [1.29, 1.82) is 0 Å². The first-order valence-electron chi connectivity index (χ1n) is 5.82. The SMILES string of the molecule is Cc1ccc(NC(=O)N2CCC[C@@H]2CO)nc1. The maximum Gasteiger partial charge on any atom is 0.323 e. The van der Waals surface area contributed by atoms with Crippen LogP contribution in [0.5, 0.6) is 0 Å². The third-order valence-corrected chi connectivity index (χ3v) is 3.00. The maximum atomic E-state index is 11.9. The van der Waals surface area contributed by atoms with Gasteiger partial charge in [0.2, 0.25) is 0 Å². The molecule has 1 aromatic heterocycles. The number of hydrogen-bond donors (Lipinski definition) is 2. The summed E-state index contributed by atoms with van der Waals surface area (Å²) in [7, 11) is 0. The van der Waals surface area contributed by atoms with Gasteiger partial charge in [0, 0.05) is 12.7 Å². The second-order valence-corrected chi connectivity index (χ2v) is 4.32. The Morgan fingerprint density at radius 3 is 3.12 bits per heavy atom. The maximum absolute atomic E-state index is 11.9. The summed E-state index contributed by atoms with van der Waals surface area (Å²) in [6.07, 6.45) is 3.52. The van der Waals surface area contributed by atoms with E-state index in [1.807, 2.05) is 13.0 Å². The Morgan fingerprint density at radius 1 is 1.65 bits per heavy atom. The molecular formula is C12H17N3O2. The van der Waals surface area contributed by atoms with Gasteiger partial charge in [-0.05, 0) is 31.4 Å². The number of nitrogens with one attached hydrogen (secondary N) is 1. The zero-order chi connectivity index (χ0) is 12.3. The Balaban J connectivity index is 1.99. The first kappa shape index (κ1) is 11.9. The standard InChI is InChI=1S/C12H17N3O2/c1-9-4-5-11(13-7-9)14-12(17)15-6-2-3-10(15)8-16/h4-5,7,10,16H,2-3,6,8H2,1H3,(H,13,14,17)/t10-/m1/s1. The van der Waals surface area contributed by atoms with E-state index in [1.165, 1.54) is 0 Å². The van der Waals surface area contributed by atoms with E-state index in [9.17, 15) is 4.79 Å². The van der Waals surface area contributed by atoms with Gasteiger partial charge in [-0.3, -0.25) is 5.32 Å². The van der Waals surface area contributed by atoms with Gasteiger partial charge in [0.15, 0.2) is 0 Å². The Morgan fingerprint density at radius 2 is 2.47 bits per heavy atom. The number of hydrogen-bond acceptors (Lipinski definition) is 3. The predicted octanol–water partition coefficient (Wildman–Crippen LogP) is 1.38. The fourth-order valence-corrected chi connectivity index (χ4v) is 2.02. The van der Waals surface area contributed by atoms with Crippen molar-refractivity contribution in [2.45, 2.75) is 25.8 Å². The number of urea groups is 1. The summed E-state index contributed by atoms with van der Waals surface area (Å²) in [4.78, 5) is 17.7. The summed E-state index contributed by atoms with van der Waals surface area (Å²) in [5.41, 5.74) is 1.05. The zero-order valence-corrected chi connectivity index (χ0v) is 9.89. The minimum Gasteiger partial charge on any atom is -0.394 e. The summed E-state index contributed by atoms with van der Waals surface area (Å²) in [5.74, 6) is 0.546. The lowest BCUT2D eigenvalue weighted by atomic mass is 10.2. The van der Waals surface area contributed by atoms with Crippen LogP contribution in [0, 0.1) is 6.92 Å². The minimum atomic E-state index is -0.182. The Bertz CT molecular complexity index is 391. The van der Waals surface area contributed by atoms with Crippen LogP contribution in [-0.4, -0.2) is 40.2 Å². The molecule has 1 aliphatic heterocycles. The normalized spacial score (nSPS) is 19.4. The molecule has 0 aliphatic carbocycles. The van der Waals surface area contributed by atoms with E-state index in [0.717, 1.165) is 18.4 Å². The fourth-order valence-electron chi connectivity index (χ4n) is 2.02. The van der Waals surface area contributed by atoms with Crippen LogP contribution in [0.4, 0.5) is 10.6 Å². The van der Waals surface area contributed by atoms with E-state index < -0.39 is 0 Å². The van der Waals surface area contributed by atoms with Gasteiger partial charge in [0.1, 0.15) is 5.82 Å². The molecule has 5 nitrogen and oxygen atoms in total. The predicted molar refractivity (Wildman–Crippen MR) is 64.8 cm³/mol. The zero-order valence-electron chi connectivity index (χ0n) is 9.89. The van der Waals surface area contributed by atoms with Gasteiger partial charge < -0.3 is 10.0 Å². The summed E-state index contributed by atoms with van der Waals surface area (Å²) in [6.45, 7) is 2.67. The highest BCUT2D eigenvalue weighted by atomic mass is 16.3. The van der Waals surface area contributed by atoms with Crippen molar-refractivity contribution in [3.8, 4) is 0 Å². The van der Waals surface area contributed by atoms with Crippen molar-refractivity contribution in [3.05, 3.63) is 23.9 Å². The van der Waals surface area contributed by atoms with Crippen LogP contribution in [0.3, 0.4) is 0 Å². The molecule has 1 fully saturated rings. The van der Waals surface area contributed by atoms with E-state index >= 15 is 0 Å². The smallest absolute Gasteiger partial charge is 0.323 e. The number of aliphatic hydroxyl groups is 1. The number of nitrogens with zero attached hydrogens (tertiary/aromatic N) is 2.